The predicted octanol–water partition coefficient (Wildman–Crippen LogP) is 3.20. The average molecular weight is 727 g/mol. The lowest BCUT2D eigenvalue weighted by Gasteiger charge is -2.61. The van der Waals surface area contributed by atoms with Crippen LogP contribution in [0.25, 0.3) is 28.1 Å². The van der Waals surface area contributed by atoms with Crippen molar-refractivity contribution in [1.82, 2.24) is 39.4 Å². The van der Waals surface area contributed by atoms with Crippen molar-refractivity contribution in [3.63, 3.8) is 0 Å². The van der Waals surface area contributed by atoms with Gasteiger partial charge in [-0.3, -0.25) is 38.7 Å². The molecule has 3 aromatic heterocycles. The number of fused-ring (bicyclic) bond motifs is 4. The molecule has 2 aromatic carbocycles. The van der Waals surface area contributed by atoms with Gasteiger partial charge in [0, 0.05) is 75.1 Å². The predicted molar refractivity (Wildman–Crippen MR) is 195 cm³/mol. The Bertz CT molecular complexity index is 2340. The maximum Gasteiger partial charge on any atom is 0.262 e. The molecule has 0 radical (unpaired) electrons. The van der Waals surface area contributed by atoms with E-state index in [0.717, 1.165) is 79.3 Å². The highest BCUT2D eigenvalue weighted by molar-refractivity contribution is 6.23. The van der Waals surface area contributed by atoms with E-state index in [1.54, 1.807) is 18.2 Å². The van der Waals surface area contributed by atoms with Crippen molar-refractivity contribution in [2.24, 2.45) is 11.3 Å². The number of hydrogen-bond donors (Lipinski definition) is 1. The van der Waals surface area contributed by atoms with E-state index in [0.29, 0.717) is 35.3 Å². The second-order valence-corrected chi connectivity index (χ2v) is 15.4. The quantitative estimate of drug-likeness (QED) is 0.211. The van der Waals surface area contributed by atoms with Crippen molar-refractivity contribution in [2.75, 3.05) is 45.9 Å². The summed E-state index contributed by atoms with van der Waals surface area (Å²) >= 11 is 0. The number of carbonyl (C=O) groups is 4. The van der Waals surface area contributed by atoms with Crippen LogP contribution in [0.5, 0.6) is 11.6 Å². The van der Waals surface area contributed by atoms with Gasteiger partial charge in [0.1, 0.15) is 24.5 Å². The minimum atomic E-state index is -0.982. The molecule has 1 atom stereocenters. The number of pyridine rings is 1. The van der Waals surface area contributed by atoms with E-state index in [-0.39, 0.29) is 30.1 Å². The molecule has 5 aliphatic rings. The highest BCUT2D eigenvalue weighted by atomic mass is 16.5. The van der Waals surface area contributed by atoms with Crippen LogP contribution in [0.1, 0.15) is 46.4 Å². The van der Waals surface area contributed by atoms with Crippen LogP contribution >= 0.6 is 0 Å². The number of rotatable bonds is 10. The summed E-state index contributed by atoms with van der Waals surface area (Å²) in [6.45, 7) is 6.68. The number of piperidine rings is 1. The summed E-state index contributed by atoms with van der Waals surface area (Å²) < 4.78 is 14.2. The molecule has 274 valence electrons. The first-order chi connectivity index (χ1) is 26.3. The molecule has 14 nitrogen and oxygen atoms in total. The van der Waals surface area contributed by atoms with Crippen LogP contribution in [-0.4, -0.2) is 116 Å². The first-order valence-electron chi connectivity index (χ1n) is 18.6. The number of amides is 4. The molecule has 14 heteroatoms. The second-order valence-electron chi connectivity index (χ2n) is 15.4. The molecule has 1 unspecified atom stereocenters. The molecular weight excluding hydrogens is 688 g/mol. The van der Waals surface area contributed by atoms with Gasteiger partial charge in [-0.25, -0.2) is 15.0 Å². The summed E-state index contributed by atoms with van der Waals surface area (Å²) in [4.78, 5) is 69.8. The van der Waals surface area contributed by atoms with Gasteiger partial charge in [-0.2, -0.15) is 0 Å². The Morgan fingerprint density at radius 3 is 2.50 bits per heavy atom. The number of imidazole rings is 1. The lowest BCUT2D eigenvalue weighted by atomic mass is 9.71. The summed E-state index contributed by atoms with van der Waals surface area (Å²) in [7, 11) is 0. The first-order valence-corrected chi connectivity index (χ1v) is 18.6. The summed E-state index contributed by atoms with van der Waals surface area (Å²) in [6, 6.07) is 17.8. The molecule has 5 aromatic rings. The van der Waals surface area contributed by atoms with Crippen LogP contribution in [0.15, 0.2) is 73.1 Å². The minimum Gasteiger partial charge on any atom is -0.492 e. The van der Waals surface area contributed by atoms with Crippen molar-refractivity contribution >= 4 is 40.4 Å². The van der Waals surface area contributed by atoms with Crippen LogP contribution in [0, 0.1) is 11.3 Å². The Morgan fingerprint density at radius 2 is 1.69 bits per heavy atom. The molecular formula is C40H38N8O6. The van der Waals surface area contributed by atoms with Gasteiger partial charge in [0.2, 0.25) is 23.5 Å². The van der Waals surface area contributed by atoms with Crippen LogP contribution in [0.3, 0.4) is 0 Å². The SMILES string of the molecule is O=C1CCC(N2C(=O)c3ccc(OCCN4CC5(C4)CN(CC4CC(Oc6ccc(-c7ccn8c(n7)nc7ccccc78)cn6)C4)C5)cc3C2=O)C(=O)N1. The van der Waals surface area contributed by atoms with E-state index in [1.165, 1.54) is 0 Å². The highest BCUT2D eigenvalue weighted by Gasteiger charge is 2.52. The fourth-order valence-corrected chi connectivity index (χ4v) is 8.89. The number of para-hydroxylation sites is 2. The lowest BCUT2D eigenvalue weighted by Crippen LogP contribution is -2.72. The van der Waals surface area contributed by atoms with Gasteiger partial charge in [0.05, 0.1) is 27.9 Å². The smallest absolute Gasteiger partial charge is 0.262 e. The summed E-state index contributed by atoms with van der Waals surface area (Å²) in [5.74, 6) is 0.394. The third-order valence-corrected chi connectivity index (χ3v) is 11.5. The van der Waals surface area contributed by atoms with Crippen LogP contribution in [-0.2, 0) is 9.59 Å². The van der Waals surface area contributed by atoms with Gasteiger partial charge in [0.25, 0.3) is 11.8 Å². The fourth-order valence-electron chi connectivity index (χ4n) is 8.89. The van der Waals surface area contributed by atoms with Gasteiger partial charge in [0.15, 0.2) is 0 Å². The van der Waals surface area contributed by atoms with Crippen molar-refractivity contribution in [3.05, 3.63) is 84.2 Å². The number of hydrogen-bond acceptors (Lipinski definition) is 11. The molecule has 10 rings (SSSR count). The van der Waals surface area contributed by atoms with Gasteiger partial charge in [-0.1, -0.05) is 12.1 Å². The molecule has 1 spiro atoms. The number of nitrogens with one attached hydrogen (secondary N) is 1. The second kappa shape index (κ2) is 12.7. The maximum atomic E-state index is 13.1. The number of likely N-dealkylation sites (tertiary alicyclic amines) is 2. The molecule has 4 fully saturated rings. The van der Waals surface area contributed by atoms with E-state index >= 15 is 0 Å². The Hall–Kier alpha value is -5.73. The third-order valence-electron chi connectivity index (χ3n) is 11.5. The zero-order chi connectivity index (χ0) is 36.6. The van der Waals surface area contributed by atoms with E-state index in [4.69, 9.17) is 14.5 Å². The van der Waals surface area contributed by atoms with Crippen molar-refractivity contribution in [3.8, 4) is 22.9 Å². The fraction of sp³-hybridized carbons (Fsp3) is 0.375. The maximum absolute atomic E-state index is 13.1. The molecule has 1 N–H and O–H groups in total. The molecule has 3 saturated heterocycles. The molecule has 4 aliphatic heterocycles. The number of carbonyl (C=O) groups excluding carboxylic acids is 4. The molecule has 4 amide bonds. The van der Waals surface area contributed by atoms with Gasteiger partial charge in [-0.15, -0.1) is 0 Å². The zero-order valence-electron chi connectivity index (χ0n) is 29.5. The summed E-state index contributed by atoms with van der Waals surface area (Å²) in [6.07, 6.45) is 6.31. The van der Waals surface area contributed by atoms with Gasteiger partial charge < -0.3 is 14.4 Å². The molecule has 54 heavy (non-hydrogen) atoms. The highest BCUT2D eigenvalue weighted by Crippen LogP contribution is 2.42. The van der Waals surface area contributed by atoms with E-state index in [1.807, 2.05) is 59.3 Å². The van der Waals surface area contributed by atoms with E-state index in [2.05, 4.69) is 25.1 Å². The largest absolute Gasteiger partial charge is 0.492 e. The Balaban J connectivity index is 0.635. The topological polar surface area (TPSA) is 152 Å². The molecule has 7 heterocycles. The first kappa shape index (κ1) is 32.9. The number of imide groups is 2. The molecule has 1 saturated carbocycles. The number of aromatic nitrogens is 4. The van der Waals surface area contributed by atoms with Crippen LogP contribution in [0.4, 0.5) is 0 Å². The zero-order valence-corrected chi connectivity index (χ0v) is 29.5. The number of nitrogens with zero attached hydrogens (tertiary/aromatic N) is 7. The van der Waals surface area contributed by atoms with Gasteiger partial charge in [-0.05, 0) is 67.6 Å². The normalized spacial score (nSPS) is 23.6. The van der Waals surface area contributed by atoms with Crippen molar-refractivity contribution < 1.29 is 28.7 Å². The Kier molecular flexibility index (Phi) is 7.73. The number of benzene rings is 2. The van der Waals surface area contributed by atoms with E-state index < -0.39 is 29.7 Å². The Labute approximate surface area is 310 Å². The average Bonchev–Trinajstić information content (AvgIpc) is 3.62. The van der Waals surface area contributed by atoms with Crippen molar-refractivity contribution in [2.45, 2.75) is 37.8 Å². The van der Waals surface area contributed by atoms with Crippen molar-refractivity contribution in [1.29, 1.82) is 0 Å². The molecule has 1 aliphatic carbocycles. The third kappa shape index (κ3) is 5.76. The summed E-state index contributed by atoms with van der Waals surface area (Å²) in [5, 5.41) is 2.22. The monoisotopic (exact) mass is 726 g/mol. The van der Waals surface area contributed by atoms with E-state index in [9.17, 15) is 19.2 Å². The van der Waals surface area contributed by atoms with Crippen LogP contribution in [0.2, 0.25) is 0 Å². The van der Waals surface area contributed by atoms with Crippen LogP contribution < -0.4 is 14.8 Å². The lowest BCUT2D eigenvalue weighted by molar-refractivity contribution is -0.136. The number of ether oxygens (including phenoxy) is 2. The molecule has 0 bridgehead atoms. The van der Waals surface area contributed by atoms with Gasteiger partial charge >= 0.3 is 0 Å². The minimum absolute atomic E-state index is 0.0868. The standard InChI is InChI=1S/C40H38N8O6/c49-34-9-8-33(36(50)44-34)48-37(51)28-7-6-26(17-29(28)38(48)52)53-14-13-45-20-40(21-45)22-46(23-40)19-24-15-27(16-24)54-35-10-5-25(18-41-35)30-11-12-47-32-4-2-1-3-31(32)43-39(47)42-30/h1-7,10-12,17-18,24,27,33H,8-9,13-16,19-23H2,(H,44,49,50). The summed E-state index contributed by atoms with van der Waals surface area (Å²) in [5.41, 5.74) is 4.55. The Morgan fingerprint density at radius 1 is 0.870 bits per heavy atom.